The van der Waals surface area contributed by atoms with E-state index in [0.717, 1.165) is 13.1 Å². The Morgan fingerprint density at radius 2 is 2.25 bits per heavy atom. The summed E-state index contributed by atoms with van der Waals surface area (Å²) in [6.07, 6.45) is 2.47. The molecule has 1 fully saturated rings. The summed E-state index contributed by atoms with van der Waals surface area (Å²) in [4.78, 5) is 26.2. The highest BCUT2D eigenvalue weighted by Gasteiger charge is 2.26. The molecular weight excluding hydrogens is 367 g/mol. The van der Waals surface area contributed by atoms with Crippen molar-refractivity contribution in [2.24, 2.45) is 0 Å². The summed E-state index contributed by atoms with van der Waals surface area (Å²) >= 11 is 0. The van der Waals surface area contributed by atoms with Gasteiger partial charge in [0.2, 0.25) is 11.7 Å². The minimum atomic E-state index is -0.542. The normalized spacial score (nSPS) is 19.4. The number of aromatic nitrogens is 2. The van der Waals surface area contributed by atoms with Gasteiger partial charge in [-0.15, -0.1) is 0 Å². The molecule has 0 radical (unpaired) electrons. The zero-order valence-electron chi connectivity index (χ0n) is 16.2. The van der Waals surface area contributed by atoms with E-state index in [2.05, 4.69) is 22.4 Å². The molecule has 1 aromatic heterocycles. The fourth-order valence-corrected chi connectivity index (χ4v) is 3.39. The number of aryl methyl sites for hydroxylation is 1. The third kappa shape index (κ3) is 5.59. The number of benzene rings is 1. The summed E-state index contributed by atoms with van der Waals surface area (Å²) in [7, 11) is 0. The fourth-order valence-electron chi connectivity index (χ4n) is 3.39. The number of likely N-dealkylation sites (tertiary alicyclic amines) is 1. The lowest BCUT2D eigenvalue weighted by Crippen LogP contribution is -3.14. The van der Waals surface area contributed by atoms with Crippen LogP contribution < -0.4 is 15.3 Å². The van der Waals surface area contributed by atoms with Gasteiger partial charge in [0, 0.05) is 31.8 Å². The molecule has 152 valence electrons. The van der Waals surface area contributed by atoms with Crippen molar-refractivity contribution >= 4 is 12.4 Å². The van der Waals surface area contributed by atoms with Gasteiger partial charge in [-0.25, -0.2) is 4.39 Å². The van der Waals surface area contributed by atoms with Gasteiger partial charge in [-0.1, -0.05) is 5.16 Å². The average molecular weight is 392 g/mol. The number of quaternary nitrogens is 1. The van der Waals surface area contributed by atoms with Gasteiger partial charge in [-0.3, -0.25) is 4.79 Å². The van der Waals surface area contributed by atoms with Crippen LogP contribution >= 0.6 is 0 Å². The second-order valence-electron chi connectivity index (χ2n) is 6.96. The Morgan fingerprint density at radius 1 is 1.54 bits per heavy atom. The predicted octanol–water partition coefficient (Wildman–Crippen LogP) is -0.264. The molecule has 3 atom stereocenters. The molecule has 0 spiro atoms. The number of halogens is 1. The van der Waals surface area contributed by atoms with Crippen molar-refractivity contribution in [3.05, 3.63) is 35.5 Å². The minimum absolute atomic E-state index is 0.0330. The van der Waals surface area contributed by atoms with Gasteiger partial charge in [0.05, 0.1) is 30.7 Å². The lowest BCUT2D eigenvalue weighted by molar-refractivity contribution is -0.911. The maximum atomic E-state index is 14.3. The third-order valence-corrected chi connectivity index (χ3v) is 4.78. The molecule has 2 aromatic rings. The van der Waals surface area contributed by atoms with Gasteiger partial charge in [0.1, 0.15) is 5.82 Å². The van der Waals surface area contributed by atoms with E-state index in [0.29, 0.717) is 11.9 Å². The van der Waals surface area contributed by atoms with Crippen LogP contribution in [0.1, 0.15) is 42.9 Å². The van der Waals surface area contributed by atoms with Crippen LogP contribution in [-0.4, -0.2) is 47.7 Å². The summed E-state index contributed by atoms with van der Waals surface area (Å²) < 4.78 is 19.2. The first kappa shape index (κ1) is 21.5. The smallest absolute Gasteiger partial charge is 0.251 e. The number of hydrogen-bond acceptors (Lipinski definition) is 6. The van der Waals surface area contributed by atoms with Crippen LogP contribution in [0.3, 0.4) is 0 Å². The number of nitrogens with one attached hydrogen (secondary N) is 2. The lowest BCUT2D eigenvalue weighted by atomic mass is 10.1. The zero-order chi connectivity index (χ0) is 20.7. The first-order chi connectivity index (χ1) is 13.3. The first-order valence-corrected chi connectivity index (χ1v) is 9.17. The van der Waals surface area contributed by atoms with Crippen molar-refractivity contribution in [3.63, 3.8) is 0 Å². The Balaban J connectivity index is 0.000000878. The maximum absolute atomic E-state index is 14.3. The van der Waals surface area contributed by atoms with Crippen LogP contribution in [-0.2, 0) is 4.79 Å². The van der Waals surface area contributed by atoms with Gasteiger partial charge in [0.15, 0.2) is 0 Å². The molecule has 1 saturated heterocycles. The van der Waals surface area contributed by atoms with Crippen LogP contribution in [0, 0.1) is 12.7 Å². The van der Waals surface area contributed by atoms with Crippen molar-refractivity contribution in [1.82, 2.24) is 15.5 Å². The Labute approximate surface area is 162 Å². The van der Waals surface area contributed by atoms with Gasteiger partial charge in [-0.05, 0) is 32.0 Å². The molecule has 0 saturated carbocycles. The molecule has 0 aliphatic carbocycles. The summed E-state index contributed by atoms with van der Waals surface area (Å²) in [5, 5.41) is 14.9. The van der Waals surface area contributed by atoms with Crippen LogP contribution in [0.5, 0.6) is 0 Å². The van der Waals surface area contributed by atoms with Crippen molar-refractivity contribution in [2.45, 2.75) is 45.7 Å². The summed E-state index contributed by atoms with van der Waals surface area (Å²) in [5.41, 5.74) is 0.509. The summed E-state index contributed by atoms with van der Waals surface area (Å²) in [6.45, 7) is 7.40. The molecule has 2 N–H and O–H groups in total. The number of carbonyl (C=O) groups excluding carboxylic acids is 2. The largest absolute Gasteiger partial charge is 0.554 e. The van der Waals surface area contributed by atoms with Gasteiger partial charge < -0.3 is 24.6 Å². The van der Waals surface area contributed by atoms with Gasteiger partial charge in [-0.2, -0.15) is 4.98 Å². The van der Waals surface area contributed by atoms with E-state index in [1.165, 1.54) is 29.9 Å². The Hall–Kier alpha value is -2.81. The standard InChI is InChI=1S/C18H23FN4O2.CH2O2/c1-11(10-23-8-4-5-12(23)2)20-18(24)14-6-7-15(16(19)9-14)17-21-13(3)25-22-17;2-1-3/h6-7,9,11-12H,4-5,8,10H2,1-3H3,(H,20,24);1H,(H,2,3)/t11-,12+;/m1./s1. The molecule has 28 heavy (non-hydrogen) atoms. The van der Waals surface area contributed by atoms with Crippen molar-refractivity contribution in [3.8, 4) is 11.4 Å². The molecule has 2 heterocycles. The maximum Gasteiger partial charge on any atom is 0.251 e. The van der Waals surface area contributed by atoms with Crippen molar-refractivity contribution in [2.75, 3.05) is 13.1 Å². The highest BCUT2D eigenvalue weighted by Crippen LogP contribution is 2.21. The molecule has 0 bridgehead atoms. The SMILES string of the molecule is Cc1nc(-c2ccc(C(=O)N[C@H](C)C[NH+]3CCC[C@@H]3C)cc2F)no1.O=C[O-]. The van der Waals surface area contributed by atoms with E-state index < -0.39 is 12.3 Å². The Bertz CT molecular complexity index is 811. The van der Waals surface area contributed by atoms with E-state index in [1.807, 2.05) is 6.92 Å². The molecular formula is C19H25FN4O4. The van der Waals surface area contributed by atoms with Crippen LogP contribution in [0.15, 0.2) is 22.7 Å². The molecule has 1 aromatic carbocycles. The molecule has 1 amide bonds. The summed E-state index contributed by atoms with van der Waals surface area (Å²) in [5.74, 6) is -0.265. The monoisotopic (exact) mass is 392 g/mol. The number of carbonyl (C=O) groups is 2. The predicted molar refractivity (Wildman–Crippen MR) is 96.8 cm³/mol. The molecule has 1 aliphatic rings. The molecule has 3 rings (SSSR count). The number of rotatable bonds is 5. The van der Waals surface area contributed by atoms with E-state index >= 15 is 0 Å². The first-order valence-electron chi connectivity index (χ1n) is 9.17. The highest BCUT2D eigenvalue weighted by atomic mass is 19.1. The lowest BCUT2D eigenvalue weighted by Gasteiger charge is -2.22. The highest BCUT2D eigenvalue weighted by molar-refractivity contribution is 5.94. The Morgan fingerprint density at radius 3 is 2.79 bits per heavy atom. The number of amides is 1. The minimum Gasteiger partial charge on any atom is -0.554 e. The summed E-state index contributed by atoms with van der Waals surface area (Å²) in [6, 6.07) is 4.97. The Kier molecular flexibility index (Phi) is 7.62. The van der Waals surface area contributed by atoms with E-state index in [9.17, 15) is 9.18 Å². The topological polar surface area (TPSA) is 113 Å². The van der Waals surface area contributed by atoms with E-state index in [4.69, 9.17) is 14.4 Å². The quantitative estimate of drug-likeness (QED) is 0.678. The van der Waals surface area contributed by atoms with Crippen molar-refractivity contribution < 1.29 is 28.5 Å². The van der Waals surface area contributed by atoms with Gasteiger partial charge >= 0.3 is 0 Å². The van der Waals surface area contributed by atoms with Crippen LogP contribution in [0.4, 0.5) is 4.39 Å². The molecule has 1 unspecified atom stereocenters. The van der Waals surface area contributed by atoms with E-state index in [-0.39, 0.29) is 28.9 Å². The average Bonchev–Trinajstić information content (AvgIpc) is 3.24. The second-order valence-corrected chi connectivity index (χ2v) is 6.96. The molecule has 9 heteroatoms. The van der Waals surface area contributed by atoms with Crippen molar-refractivity contribution in [1.29, 1.82) is 0 Å². The zero-order valence-corrected chi connectivity index (χ0v) is 16.2. The third-order valence-electron chi connectivity index (χ3n) is 4.78. The molecule has 8 nitrogen and oxygen atoms in total. The van der Waals surface area contributed by atoms with Crippen LogP contribution in [0.2, 0.25) is 0 Å². The number of nitrogens with zero attached hydrogens (tertiary/aromatic N) is 2. The molecule has 1 aliphatic heterocycles. The fraction of sp³-hybridized carbons (Fsp3) is 0.474. The number of carboxylic acid groups (broad SMARTS) is 1. The van der Waals surface area contributed by atoms with Crippen LogP contribution in [0.25, 0.3) is 11.4 Å². The van der Waals surface area contributed by atoms with Gasteiger partial charge in [0.25, 0.3) is 5.91 Å². The second kappa shape index (κ2) is 9.93. The van der Waals surface area contributed by atoms with E-state index in [1.54, 1.807) is 13.0 Å². The number of hydrogen-bond donors (Lipinski definition) is 2.